The molecule has 33 heavy (non-hydrogen) atoms. The lowest BCUT2D eigenvalue weighted by Crippen LogP contribution is -2.33. The minimum absolute atomic E-state index is 0.0117. The van der Waals surface area contributed by atoms with Crippen molar-refractivity contribution >= 4 is 16.0 Å². The summed E-state index contributed by atoms with van der Waals surface area (Å²) < 4.78 is 50.5. The maximum Gasteiger partial charge on any atom is 0.339 e. The number of carbonyl (C=O) groups is 1. The highest BCUT2D eigenvalue weighted by Crippen LogP contribution is 2.32. The van der Waals surface area contributed by atoms with E-state index >= 15 is 0 Å². The summed E-state index contributed by atoms with van der Waals surface area (Å²) in [6.45, 7) is 0.560. The Balaban J connectivity index is 1.59. The molecule has 4 rings (SSSR count). The summed E-state index contributed by atoms with van der Waals surface area (Å²) in [4.78, 5) is 14.7. The van der Waals surface area contributed by atoms with Crippen molar-refractivity contribution in [1.29, 1.82) is 0 Å². The fraction of sp³-hybridized carbons (Fsp3) is 0.240. The Hall–Kier alpha value is -3.39. The molecule has 0 radical (unpaired) electrons. The van der Waals surface area contributed by atoms with Gasteiger partial charge >= 0.3 is 10.1 Å². The van der Waals surface area contributed by atoms with E-state index in [0.29, 0.717) is 23.8 Å². The molecule has 1 saturated carbocycles. The molecule has 6 nitrogen and oxygen atoms in total. The van der Waals surface area contributed by atoms with E-state index in [1.54, 1.807) is 35.2 Å². The van der Waals surface area contributed by atoms with Gasteiger partial charge < -0.3 is 13.8 Å². The Kier molecular flexibility index (Phi) is 6.65. The number of benzene rings is 3. The predicted molar refractivity (Wildman–Crippen MR) is 121 cm³/mol. The Bertz CT molecular complexity index is 1240. The summed E-state index contributed by atoms with van der Waals surface area (Å²) in [5, 5.41) is 0. The maximum atomic E-state index is 14.3. The Labute approximate surface area is 192 Å². The van der Waals surface area contributed by atoms with Crippen molar-refractivity contribution in [3.63, 3.8) is 0 Å². The number of rotatable bonds is 9. The molecule has 0 atom stereocenters. The van der Waals surface area contributed by atoms with Crippen LogP contribution in [0.1, 0.15) is 28.8 Å². The van der Waals surface area contributed by atoms with Crippen LogP contribution in [-0.2, 0) is 16.7 Å². The van der Waals surface area contributed by atoms with Crippen LogP contribution in [0.3, 0.4) is 0 Å². The molecule has 0 spiro atoms. The molecule has 0 saturated heterocycles. The molecule has 3 aromatic carbocycles. The molecule has 1 amide bonds. The lowest BCUT2D eigenvalue weighted by atomic mass is 10.1. The molecular formula is C25H24FNO5S. The molecule has 172 valence electrons. The van der Waals surface area contributed by atoms with Crippen LogP contribution >= 0.6 is 0 Å². The third kappa shape index (κ3) is 5.51. The van der Waals surface area contributed by atoms with Crippen molar-refractivity contribution < 1.29 is 26.5 Å². The summed E-state index contributed by atoms with van der Waals surface area (Å²) in [6, 6.07) is 18.4. The number of hydrogen-bond acceptors (Lipinski definition) is 5. The van der Waals surface area contributed by atoms with Crippen LogP contribution in [0.5, 0.6) is 11.5 Å². The molecule has 8 heteroatoms. The zero-order valence-electron chi connectivity index (χ0n) is 18.1. The van der Waals surface area contributed by atoms with E-state index in [2.05, 4.69) is 0 Å². The molecule has 0 aromatic heterocycles. The second-order valence-electron chi connectivity index (χ2n) is 7.93. The fourth-order valence-corrected chi connectivity index (χ4v) is 4.43. The van der Waals surface area contributed by atoms with Gasteiger partial charge in [0, 0.05) is 18.7 Å². The van der Waals surface area contributed by atoms with Crippen LogP contribution < -0.4 is 8.92 Å². The molecule has 1 fully saturated rings. The van der Waals surface area contributed by atoms with Crippen molar-refractivity contribution in [2.75, 3.05) is 13.7 Å². The number of ether oxygens (including phenoxy) is 1. The third-order valence-corrected chi connectivity index (χ3v) is 6.70. The van der Waals surface area contributed by atoms with Gasteiger partial charge in [0.1, 0.15) is 22.2 Å². The number of nitrogens with zero attached hydrogens (tertiary/aromatic N) is 1. The molecule has 0 heterocycles. The van der Waals surface area contributed by atoms with Crippen molar-refractivity contribution in [3.05, 3.63) is 89.7 Å². The summed E-state index contributed by atoms with van der Waals surface area (Å²) in [7, 11) is -2.61. The van der Waals surface area contributed by atoms with Gasteiger partial charge in [-0.1, -0.05) is 30.3 Å². The molecule has 0 N–H and O–H groups in total. The van der Waals surface area contributed by atoms with E-state index in [1.165, 1.54) is 49.6 Å². The minimum Gasteiger partial charge on any atom is -0.497 e. The second kappa shape index (κ2) is 9.62. The van der Waals surface area contributed by atoms with Gasteiger partial charge in [0.15, 0.2) is 0 Å². The van der Waals surface area contributed by atoms with E-state index < -0.39 is 21.8 Å². The Morgan fingerprint density at radius 3 is 2.33 bits per heavy atom. The van der Waals surface area contributed by atoms with E-state index in [-0.39, 0.29) is 22.8 Å². The average molecular weight is 470 g/mol. The monoisotopic (exact) mass is 469 g/mol. The standard InChI is InChI=1S/C25H24FNO5S/c1-31-20-12-14-21(15-13-20)33(29,30)32-24-9-5-2-6-19(24)17-27(16-18-10-11-18)25(28)22-7-3-4-8-23(22)26/h2-9,12-15,18H,10-11,16-17H2,1H3. The molecule has 1 aliphatic carbocycles. The van der Waals surface area contributed by atoms with Gasteiger partial charge in [0.2, 0.25) is 0 Å². The van der Waals surface area contributed by atoms with Gasteiger partial charge in [-0.3, -0.25) is 4.79 Å². The summed E-state index contributed by atoms with van der Waals surface area (Å²) in [5.74, 6) is -0.0215. The normalized spacial score (nSPS) is 13.4. The molecule has 3 aromatic rings. The summed E-state index contributed by atoms with van der Waals surface area (Å²) in [6.07, 6.45) is 2.01. The van der Waals surface area contributed by atoms with E-state index in [9.17, 15) is 17.6 Å². The smallest absolute Gasteiger partial charge is 0.339 e. The van der Waals surface area contributed by atoms with Crippen molar-refractivity contribution in [2.24, 2.45) is 5.92 Å². The first-order valence-electron chi connectivity index (χ1n) is 10.6. The van der Waals surface area contributed by atoms with Crippen molar-refractivity contribution in [3.8, 4) is 11.5 Å². The first-order valence-corrected chi connectivity index (χ1v) is 12.0. The maximum absolute atomic E-state index is 14.3. The molecular weight excluding hydrogens is 445 g/mol. The predicted octanol–water partition coefficient (Wildman–Crippen LogP) is 4.65. The van der Waals surface area contributed by atoms with Crippen molar-refractivity contribution in [2.45, 2.75) is 24.3 Å². The van der Waals surface area contributed by atoms with Gasteiger partial charge in [-0.2, -0.15) is 8.42 Å². The van der Waals surface area contributed by atoms with Crippen LogP contribution in [0.15, 0.2) is 77.7 Å². The van der Waals surface area contributed by atoms with Gasteiger partial charge in [0.25, 0.3) is 5.91 Å². The van der Waals surface area contributed by atoms with Gasteiger partial charge in [-0.05, 0) is 61.2 Å². The highest BCUT2D eigenvalue weighted by molar-refractivity contribution is 7.87. The summed E-state index contributed by atoms with van der Waals surface area (Å²) >= 11 is 0. The first kappa shape index (κ1) is 22.8. The topological polar surface area (TPSA) is 72.9 Å². The quantitative estimate of drug-likeness (QED) is 0.427. The van der Waals surface area contributed by atoms with Crippen LogP contribution in [0, 0.1) is 11.7 Å². The largest absolute Gasteiger partial charge is 0.497 e. The molecule has 0 unspecified atom stereocenters. The average Bonchev–Trinajstić information content (AvgIpc) is 3.64. The Morgan fingerprint density at radius 2 is 1.67 bits per heavy atom. The number of methoxy groups -OCH3 is 1. The highest BCUT2D eigenvalue weighted by Gasteiger charge is 2.29. The van der Waals surface area contributed by atoms with Gasteiger partial charge in [-0.15, -0.1) is 0 Å². The van der Waals surface area contributed by atoms with Crippen LogP contribution in [-0.4, -0.2) is 32.9 Å². The number of halogens is 1. The van der Waals surface area contributed by atoms with E-state index in [0.717, 1.165) is 12.8 Å². The second-order valence-corrected chi connectivity index (χ2v) is 9.48. The zero-order valence-corrected chi connectivity index (χ0v) is 18.9. The number of hydrogen-bond donors (Lipinski definition) is 0. The highest BCUT2D eigenvalue weighted by atomic mass is 32.2. The lowest BCUT2D eigenvalue weighted by Gasteiger charge is -2.24. The molecule has 0 bridgehead atoms. The molecule has 0 aliphatic heterocycles. The van der Waals surface area contributed by atoms with Crippen LogP contribution in [0.4, 0.5) is 4.39 Å². The van der Waals surface area contributed by atoms with Gasteiger partial charge in [-0.25, -0.2) is 4.39 Å². The van der Waals surface area contributed by atoms with Crippen LogP contribution in [0.2, 0.25) is 0 Å². The summed E-state index contributed by atoms with van der Waals surface area (Å²) in [5.41, 5.74) is 0.502. The SMILES string of the molecule is COc1ccc(S(=O)(=O)Oc2ccccc2CN(CC2CC2)C(=O)c2ccccc2F)cc1. The third-order valence-electron chi connectivity index (χ3n) is 5.45. The lowest BCUT2D eigenvalue weighted by molar-refractivity contribution is 0.0729. The first-order chi connectivity index (χ1) is 15.9. The number of carbonyl (C=O) groups excluding carboxylic acids is 1. The van der Waals surface area contributed by atoms with Crippen LogP contribution in [0.25, 0.3) is 0 Å². The van der Waals surface area contributed by atoms with Gasteiger partial charge in [0.05, 0.1) is 12.7 Å². The van der Waals surface area contributed by atoms with E-state index in [1.807, 2.05) is 0 Å². The number of amides is 1. The molecule has 1 aliphatic rings. The fourth-order valence-electron chi connectivity index (χ4n) is 3.47. The van der Waals surface area contributed by atoms with Crippen molar-refractivity contribution in [1.82, 2.24) is 4.90 Å². The minimum atomic E-state index is -4.11. The zero-order chi connectivity index (χ0) is 23.4. The Morgan fingerprint density at radius 1 is 1.00 bits per heavy atom. The number of para-hydroxylation sites is 1. The van der Waals surface area contributed by atoms with E-state index in [4.69, 9.17) is 8.92 Å².